The molecule has 0 aliphatic heterocycles. The van der Waals surface area contributed by atoms with Crippen molar-refractivity contribution in [3.8, 4) is 0 Å². The Bertz CT molecular complexity index is 1070. The molecule has 0 saturated carbocycles. The van der Waals surface area contributed by atoms with Gasteiger partial charge in [-0.05, 0) is 74.2 Å². The second-order valence-corrected chi connectivity index (χ2v) is 6.57. The van der Waals surface area contributed by atoms with Crippen LogP contribution in [0, 0.1) is 19.7 Å². The number of anilines is 1. The predicted octanol–water partition coefficient (Wildman–Crippen LogP) is 3.69. The number of nitrogens with one attached hydrogen (secondary N) is 1. The summed E-state index contributed by atoms with van der Waals surface area (Å²) in [5.41, 5.74) is 8.38. The number of carbonyl (C=O) groups excluding carboxylic acids is 1. The molecule has 0 aliphatic carbocycles. The first-order valence-electron chi connectivity index (χ1n) is 8.74. The summed E-state index contributed by atoms with van der Waals surface area (Å²) in [5.74, 6) is -1.11. The maximum atomic E-state index is 14.2. The molecular formula is C21H21FN2O3. The number of hydrogen-bond donors (Lipinski definition) is 2. The van der Waals surface area contributed by atoms with Crippen LogP contribution < -0.4 is 16.7 Å². The van der Waals surface area contributed by atoms with Gasteiger partial charge in [-0.1, -0.05) is 6.07 Å². The summed E-state index contributed by atoms with van der Waals surface area (Å²) >= 11 is 0. The average molecular weight is 368 g/mol. The summed E-state index contributed by atoms with van der Waals surface area (Å²) in [7, 11) is 0. The van der Waals surface area contributed by atoms with Gasteiger partial charge in [0.25, 0.3) is 5.91 Å². The number of hydrogen-bond acceptors (Lipinski definition) is 4. The van der Waals surface area contributed by atoms with Crippen molar-refractivity contribution in [1.82, 2.24) is 0 Å². The Morgan fingerprint density at radius 3 is 2.67 bits per heavy atom. The van der Waals surface area contributed by atoms with Crippen molar-refractivity contribution in [1.29, 1.82) is 0 Å². The van der Waals surface area contributed by atoms with Crippen molar-refractivity contribution in [2.24, 2.45) is 5.73 Å². The highest BCUT2D eigenvalue weighted by atomic mass is 19.1. The van der Waals surface area contributed by atoms with E-state index in [-0.39, 0.29) is 5.56 Å². The molecule has 0 saturated heterocycles. The maximum absolute atomic E-state index is 14.2. The Hall–Kier alpha value is -2.99. The van der Waals surface area contributed by atoms with E-state index < -0.39 is 17.3 Å². The van der Waals surface area contributed by atoms with Crippen LogP contribution >= 0.6 is 0 Å². The van der Waals surface area contributed by atoms with Gasteiger partial charge < -0.3 is 15.5 Å². The highest BCUT2D eigenvalue weighted by molar-refractivity contribution is 6.06. The van der Waals surface area contributed by atoms with Crippen LogP contribution in [-0.2, 0) is 6.42 Å². The number of halogens is 1. The molecule has 3 rings (SSSR count). The molecule has 1 amide bonds. The monoisotopic (exact) mass is 368 g/mol. The van der Waals surface area contributed by atoms with Crippen molar-refractivity contribution in [2.45, 2.75) is 26.7 Å². The topological polar surface area (TPSA) is 85.3 Å². The van der Waals surface area contributed by atoms with Crippen LogP contribution in [0.3, 0.4) is 0 Å². The number of carbonyl (C=O) groups is 1. The van der Waals surface area contributed by atoms with E-state index in [2.05, 4.69) is 5.32 Å². The summed E-state index contributed by atoms with van der Waals surface area (Å²) in [6.45, 7) is 4.11. The number of nitrogens with two attached hydrogens (primary N) is 1. The smallest absolute Gasteiger partial charge is 0.336 e. The SMILES string of the molecule is Cc1cc2oc(=O)cc(C)c2cc1NC(=O)c1cc(CCCN)ccc1F. The zero-order valence-electron chi connectivity index (χ0n) is 15.3. The van der Waals surface area contributed by atoms with Gasteiger partial charge in [0.2, 0.25) is 0 Å². The maximum Gasteiger partial charge on any atom is 0.336 e. The Morgan fingerprint density at radius 2 is 1.93 bits per heavy atom. The molecule has 0 bridgehead atoms. The average Bonchev–Trinajstić information content (AvgIpc) is 2.62. The summed E-state index contributed by atoms with van der Waals surface area (Å²) < 4.78 is 19.4. The highest BCUT2D eigenvalue weighted by Crippen LogP contribution is 2.26. The van der Waals surface area contributed by atoms with Gasteiger partial charge in [-0.15, -0.1) is 0 Å². The van der Waals surface area contributed by atoms with E-state index in [0.717, 1.165) is 17.5 Å². The van der Waals surface area contributed by atoms with E-state index in [1.54, 1.807) is 38.1 Å². The van der Waals surface area contributed by atoms with Crippen molar-refractivity contribution >= 4 is 22.6 Å². The van der Waals surface area contributed by atoms with Gasteiger partial charge in [-0.3, -0.25) is 4.79 Å². The van der Waals surface area contributed by atoms with Gasteiger partial charge in [0, 0.05) is 17.1 Å². The molecule has 0 unspecified atom stereocenters. The second kappa shape index (κ2) is 7.72. The van der Waals surface area contributed by atoms with Gasteiger partial charge in [0.05, 0.1) is 5.56 Å². The number of benzene rings is 2. The quantitative estimate of drug-likeness (QED) is 0.673. The lowest BCUT2D eigenvalue weighted by atomic mass is 10.0. The van der Waals surface area contributed by atoms with E-state index in [4.69, 9.17) is 10.2 Å². The van der Waals surface area contributed by atoms with E-state index in [1.165, 1.54) is 12.1 Å². The summed E-state index contributed by atoms with van der Waals surface area (Å²) in [4.78, 5) is 24.2. The fourth-order valence-electron chi connectivity index (χ4n) is 3.00. The summed E-state index contributed by atoms with van der Waals surface area (Å²) in [6, 6.07) is 9.33. The van der Waals surface area contributed by atoms with Crippen LogP contribution in [0.4, 0.5) is 10.1 Å². The first-order chi connectivity index (χ1) is 12.9. The standard InChI is InChI=1S/C21H21FN2O3/c1-12-9-20(25)27-19-8-13(2)18(11-15(12)19)24-21(26)16-10-14(4-3-7-23)5-6-17(16)22/h5-6,8-11H,3-4,7,23H2,1-2H3,(H,24,26). The Balaban J connectivity index is 1.94. The minimum absolute atomic E-state index is 0.0136. The Labute approximate surface area is 156 Å². The van der Waals surface area contributed by atoms with E-state index in [0.29, 0.717) is 35.2 Å². The fraction of sp³-hybridized carbons (Fsp3) is 0.238. The number of rotatable bonds is 5. The molecule has 3 N–H and O–H groups in total. The molecule has 0 aliphatic rings. The van der Waals surface area contributed by atoms with Crippen molar-refractivity contribution in [2.75, 3.05) is 11.9 Å². The lowest BCUT2D eigenvalue weighted by Crippen LogP contribution is -2.15. The third-order valence-electron chi connectivity index (χ3n) is 4.49. The minimum Gasteiger partial charge on any atom is -0.423 e. The minimum atomic E-state index is -0.579. The van der Waals surface area contributed by atoms with Crippen LogP contribution in [0.1, 0.15) is 33.5 Å². The van der Waals surface area contributed by atoms with Gasteiger partial charge >= 0.3 is 5.63 Å². The zero-order valence-corrected chi connectivity index (χ0v) is 15.3. The molecule has 1 heterocycles. The highest BCUT2D eigenvalue weighted by Gasteiger charge is 2.15. The molecular weight excluding hydrogens is 347 g/mol. The van der Waals surface area contributed by atoms with Crippen molar-refractivity contribution in [3.05, 3.63) is 74.9 Å². The molecule has 0 radical (unpaired) electrons. The van der Waals surface area contributed by atoms with Crippen LogP contribution in [0.2, 0.25) is 0 Å². The van der Waals surface area contributed by atoms with Crippen molar-refractivity contribution < 1.29 is 13.6 Å². The van der Waals surface area contributed by atoms with E-state index >= 15 is 0 Å². The number of amides is 1. The van der Waals surface area contributed by atoms with Crippen LogP contribution in [0.25, 0.3) is 11.0 Å². The molecule has 5 nitrogen and oxygen atoms in total. The lowest BCUT2D eigenvalue weighted by Gasteiger charge is -2.12. The normalized spacial score (nSPS) is 11.0. The third kappa shape index (κ3) is 4.06. The summed E-state index contributed by atoms with van der Waals surface area (Å²) in [5, 5.41) is 3.48. The number of aryl methyl sites for hydroxylation is 3. The molecule has 140 valence electrons. The molecule has 3 aromatic rings. The second-order valence-electron chi connectivity index (χ2n) is 6.57. The number of fused-ring (bicyclic) bond motifs is 1. The molecule has 0 atom stereocenters. The lowest BCUT2D eigenvalue weighted by molar-refractivity contribution is 0.102. The van der Waals surface area contributed by atoms with Crippen LogP contribution in [-0.4, -0.2) is 12.5 Å². The van der Waals surface area contributed by atoms with Crippen LogP contribution in [0.15, 0.2) is 45.6 Å². The molecule has 2 aromatic carbocycles. The molecule has 0 fully saturated rings. The van der Waals surface area contributed by atoms with E-state index in [1.807, 2.05) is 0 Å². The van der Waals surface area contributed by atoms with Gasteiger partial charge in [-0.2, -0.15) is 0 Å². The third-order valence-corrected chi connectivity index (χ3v) is 4.49. The summed E-state index contributed by atoms with van der Waals surface area (Å²) in [6.07, 6.45) is 1.45. The Morgan fingerprint density at radius 1 is 1.15 bits per heavy atom. The molecule has 27 heavy (non-hydrogen) atoms. The first kappa shape index (κ1) is 18.8. The fourth-order valence-corrected chi connectivity index (χ4v) is 3.00. The molecule has 0 spiro atoms. The van der Waals surface area contributed by atoms with Gasteiger partial charge in [0.1, 0.15) is 11.4 Å². The largest absolute Gasteiger partial charge is 0.423 e. The molecule has 6 heteroatoms. The van der Waals surface area contributed by atoms with Crippen LogP contribution in [0.5, 0.6) is 0 Å². The predicted molar refractivity (Wildman–Crippen MR) is 104 cm³/mol. The van der Waals surface area contributed by atoms with Gasteiger partial charge in [-0.25, -0.2) is 9.18 Å². The van der Waals surface area contributed by atoms with Gasteiger partial charge in [0.15, 0.2) is 0 Å². The zero-order chi connectivity index (χ0) is 19.6. The van der Waals surface area contributed by atoms with E-state index in [9.17, 15) is 14.0 Å². The van der Waals surface area contributed by atoms with Crippen molar-refractivity contribution in [3.63, 3.8) is 0 Å². The Kier molecular flexibility index (Phi) is 5.37. The molecule has 1 aromatic heterocycles. The first-order valence-corrected chi connectivity index (χ1v) is 8.74.